The summed E-state index contributed by atoms with van der Waals surface area (Å²) in [7, 11) is 3.33. The summed E-state index contributed by atoms with van der Waals surface area (Å²) < 4.78 is 10.2. The molecule has 2 N–H and O–H groups in total. The van der Waals surface area contributed by atoms with E-state index in [4.69, 9.17) is 15.2 Å². The van der Waals surface area contributed by atoms with E-state index < -0.39 is 0 Å². The molecule has 0 atom stereocenters. The van der Waals surface area contributed by atoms with E-state index in [1.807, 2.05) is 0 Å². The Kier molecular flexibility index (Phi) is 9.21. The normalized spacial score (nSPS) is 11.5. The minimum atomic E-state index is -0.185. The SMILES string of the molecule is CCC(=O)OCCOCSSC(C)(C)CN. The average molecular weight is 267 g/mol. The molecule has 0 aromatic carbocycles. The molecule has 0 amide bonds. The van der Waals surface area contributed by atoms with Crippen LogP contribution in [0.25, 0.3) is 0 Å². The van der Waals surface area contributed by atoms with Gasteiger partial charge in [-0.15, -0.1) is 0 Å². The first kappa shape index (κ1) is 16.1. The molecule has 0 aromatic rings. The second-order valence-electron chi connectivity index (χ2n) is 3.77. The zero-order valence-corrected chi connectivity index (χ0v) is 11.8. The van der Waals surface area contributed by atoms with E-state index in [1.165, 1.54) is 0 Å². The van der Waals surface area contributed by atoms with Gasteiger partial charge in [0.1, 0.15) is 12.5 Å². The van der Waals surface area contributed by atoms with E-state index in [9.17, 15) is 4.79 Å². The van der Waals surface area contributed by atoms with Crippen LogP contribution >= 0.6 is 21.6 Å². The van der Waals surface area contributed by atoms with Gasteiger partial charge in [0.2, 0.25) is 0 Å². The van der Waals surface area contributed by atoms with Crippen LogP contribution < -0.4 is 5.73 Å². The highest BCUT2D eigenvalue weighted by molar-refractivity contribution is 8.77. The molecule has 0 saturated carbocycles. The van der Waals surface area contributed by atoms with Crippen molar-refractivity contribution in [2.45, 2.75) is 31.9 Å². The third kappa shape index (κ3) is 9.33. The molecule has 0 aliphatic heterocycles. The Morgan fingerprint density at radius 3 is 2.62 bits per heavy atom. The number of carbonyl (C=O) groups is 1. The van der Waals surface area contributed by atoms with E-state index in [2.05, 4.69) is 13.8 Å². The largest absolute Gasteiger partial charge is 0.463 e. The van der Waals surface area contributed by atoms with Crippen molar-refractivity contribution in [2.75, 3.05) is 25.7 Å². The van der Waals surface area contributed by atoms with Crippen molar-refractivity contribution in [1.29, 1.82) is 0 Å². The summed E-state index contributed by atoms with van der Waals surface area (Å²) in [5.74, 6) is 0.396. The number of rotatable bonds is 9. The monoisotopic (exact) mass is 267 g/mol. The van der Waals surface area contributed by atoms with Crippen LogP contribution in [0.1, 0.15) is 27.2 Å². The van der Waals surface area contributed by atoms with Gasteiger partial charge in [-0.3, -0.25) is 4.79 Å². The van der Waals surface area contributed by atoms with Gasteiger partial charge in [0.05, 0.1) is 6.61 Å². The summed E-state index contributed by atoms with van der Waals surface area (Å²) in [5, 5.41) is 0. The first-order chi connectivity index (χ1) is 7.52. The Hall–Kier alpha value is 0.0900. The third-order valence-electron chi connectivity index (χ3n) is 1.69. The molecule has 0 radical (unpaired) electrons. The molecule has 0 rings (SSSR count). The summed E-state index contributed by atoms with van der Waals surface area (Å²) in [6.07, 6.45) is 0.412. The van der Waals surface area contributed by atoms with E-state index in [0.29, 0.717) is 32.1 Å². The molecule has 0 unspecified atom stereocenters. The van der Waals surface area contributed by atoms with Gasteiger partial charge >= 0.3 is 5.97 Å². The molecule has 0 aromatic heterocycles. The van der Waals surface area contributed by atoms with Crippen LogP contribution in [0.5, 0.6) is 0 Å². The van der Waals surface area contributed by atoms with E-state index in [1.54, 1.807) is 28.5 Å². The van der Waals surface area contributed by atoms with E-state index in [0.717, 1.165) is 0 Å². The molecule has 0 heterocycles. The van der Waals surface area contributed by atoms with Gasteiger partial charge in [0, 0.05) is 17.7 Å². The Morgan fingerprint density at radius 2 is 2.06 bits per heavy atom. The molecule has 0 aliphatic carbocycles. The van der Waals surface area contributed by atoms with Crippen LogP contribution in [0.3, 0.4) is 0 Å². The maximum absolute atomic E-state index is 10.8. The topological polar surface area (TPSA) is 61.5 Å². The van der Waals surface area contributed by atoms with Crippen molar-refractivity contribution in [2.24, 2.45) is 5.73 Å². The highest BCUT2D eigenvalue weighted by Crippen LogP contribution is 2.34. The zero-order chi connectivity index (χ0) is 12.4. The van der Waals surface area contributed by atoms with Crippen molar-refractivity contribution >= 4 is 27.6 Å². The summed E-state index contributed by atoms with van der Waals surface area (Å²) >= 11 is 0. The lowest BCUT2D eigenvalue weighted by Gasteiger charge is -2.20. The highest BCUT2D eigenvalue weighted by Gasteiger charge is 2.15. The van der Waals surface area contributed by atoms with Gasteiger partial charge in [0.15, 0.2) is 0 Å². The van der Waals surface area contributed by atoms with Crippen molar-refractivity contribution in [3.8, 4) is 0 Å². The maximum atomic E-state index is 10.8. The fourth-order valence-electron chi connectivity index (χ4n) is 0.627. The lowest BCUT2D eigenvalue weighted by molar-refractivity contribution is -0.144. The van der Waals surface area contributed by atoms with Crippen LogP contribution in [-0.4, -0.2) is 36.4 Å². The third-order valence-corrected chi connectivity index (χ3v) is 4.68. The number of esters is 1. The van der Waals surface area contributed by atoms with Crippen molar-refractivity contribution in [3.63, 3.8) is 0 Å². The predicted molar refractivity (Wildman–Crippen MR) is 70.4 cm³/mol. The predicted octanol–water partition coefficient (Wildman–Crippen LogP) is 2.03. The number of hydrogen-bond acceptors (Lipinski definition) is 6. The number of ether oxygens (including phenoxy) is 2. The highest BCUT2D eigenvalue weighted by atomic mass is 33.1. The Labute approximate surface area is 105 Å². The maximum Gasteiger partial charge on any atom is 0.305 e. The van der Waals surface area contributed by atoms with Gasteiger partial charge in [0.25, 0.3) is 0 Å². The Balaban J connectivity index is 3.25. The van der Waals surface area contributed by atoms with Crippen molar-refractivity contribution < 1.29 is 14.3 Å². The van der Waals surface area contributed by atoms with E-state index >= 15 is 0 Å². The van der Waals surface area contributed by atoms with Crippen LogP contribution in [0.15, 0.2) is 0 Å². The van der Waals surface area contributed by atoms with Crippen molar-refractivity contribution in [1.82, 2.24) is 0 Å². The fourth-order valence-corrected chi connectivity index (χ4v) is 2.76. The summed E-state index contributed by atoms with van der Waals surface area (Å²) in [6.45, 7) is 7.37. The number of nitrogens with two attached hydrogens (primary N) is 1. The molecule has 0 aliphatic rings. The molecule has 0 saturated heterocycles. The molecule has 0 spiro atoms. The summed E-state index contributed by atoms with van der Waals surface area (Å²) in [6, 6.07) is 0. The first-order valence-corrected chi connectivity index (χ1v) is 7.58. The summed E-state index contributed by atoms with van der Waals surface area (Å²) in [5.41, 5.74) is 5.58. The quantitative estimate of drug-likeness (QED) is 0.298. The molecular weight excluding hydrogens is 246 g/mol. The molecule has 4 nitrogen and oxygen atoms in total. The van der Waals surface area contributed by atoms with Crippen LogP contribution in [0.4, 0.5) is 0 Å². The van der Waals surface area contributed by atoms with Crippen LogP contribution in [0.2, 0.25) is 0 Å². The van der Waals surface area contributed by atoms with Gasteiger partial charge in [-0.05, 0) is 13.8 Å². The lowest BCUT2D eigenvalue weighted by atomic mass is 10.2. The second kappa shape index (κ2) is 9.15. The minimum Gasteiger partial charge on any atom is -0.463 e. The molecule has 6 heteroatoms. The standard InChI is InChI=1S/C10H21NO3S2/c1-4-9(12)14-6-5-13-8-15-16-10(2,3)7-11/h4-8,11H2,1-3H3. The Bertz CT molecular complexity index is 201. The van der Waals surface area contributed by atoms with Crippen LogP contribution in [0, 0.1) is 0 Å². The summed E-state index contributed by atoms with van der Waals surface area (Å²) in [4.78, 5) is 10.8. The Morgan fingerprint density at radius 1 is 1.38 bits per heavy atom. The van der Waals surface area contributed by atoms with Crippen LogP contribution in [-0.2, 0) is 14.3 Å². The van der Waals surface area contributed by atoms with Gasteiger partial charge in [-0.25, -0.2) is 0 Å². The zero-order valence-electron chi connectivity index (χ0n) is 10.2. The fraction of sp³-hybridized carbons (Fsp3) is 0.900. The number of hydrogen-bond donors (Lipinski definition) is 1. The molecular formula is C10H21NO3S2. The average Bonchev–Trinajstić information content (AvgIpc) is 2.27. The minimum absolute atomic E-state index is 0.0721. The van der Waals surface area contributed by atoms with Gasteiger partial charge in [-0.1, -0.05) is 28.5 Å². The first-order valence-electron chi connectivity index (χ1n) is 5.26. The molecule has 0 fully saturated rings. The van der Waals surface area contributed by atoms with Crippen molar-refractivity contribution in [3.05, 3.63) is 0 Å². The van der Waals surface area contributed by atoms with Gasteiger partial charge < -0.3 is 15.2 Å². The smallest absolute Gasteiger partial charge is 0.305 e. The van der Waals surface area contributed by atoms with E-state index in [-0.39, 0.29) is 10.7 Å². The number of carbonyl (C=O) groups excluding carboxylic acids is 1. The second-order valence-corrected chi connectivity index (χ2v) is 6.72. The molecule has 0 bridgehead atoms. The molecule has 16 heavy (non-hydrogen) atoms. The van der Waals surface area contributed by atoms with Gasteiger partial charge in [-0.2, -0.15) is 0 Å². The molecule has 96 valence electrons. The lowest BCUT2D eigenvalue weighted by Crippen LogP contribution is -2.25.